The van der Waals surface area contributed by atoms with E-state index < -0.39 is 63.6 Å². The minimum absolute atomic E-state index is 0.0758. The smallest absolute Gasteiger partial charge is 0.408 e. The molecule has 1 saturated heterocycles. The van der Waals surface area contributed by atoms with Crippen molar-refractivity contribution in [2.45, 2.75) is 63.6 Å². The molecule has 0 bridgehead atoms. The lowest BCUT2D eigenvalue weighted by atomic mass is 9.73. The van der Waals surface area contributed by atoms with Gasteiger partial charge in [-0.15, -0.1) is 0 Å². The molecule has 3 rings (SSSR count). The van der Waals surface area contributed by atoms with Crippen molar-refractivity contribution < 1.29 is 57.5 Å². The molecule has 3 amide bonds. The zero-order chi connectivity index (χ0) is 37.1. The average molecular weight is 741 g/mol. The Bertz CT molecular complexity index is 1490. The lowest BCUT2D eigenvalue weighted by Gasteiger charge is -2.32. The van der Waals surface area contributed by atoms with Gasteiger partial charge in [-0.05, 0) is 44.4 Å². The van der Waals surface area contributed by atoms with Gasteiger partial charge in [0.2, 0.25) is 17.3 Å². The number of rotatable bonds is 16. The fraction of sp³-hybridized carbons (Fsp3) is 0.533. The molecule has 50 heavy (non-hydrogen) atoms. The normalized spacial score (nSPS) is 16.6. The largest absolute Gasteiger partial charge is 0.480 e. The number of amides is 3. The summed E-state index contributed by atoms with van der Waals surface area (Å²) in [5.41, 5.74) is -1.14. The summed E-state index contributed by atoms with van der Waals surface area (Å²) in [4.78, 5) is 81.9. The van der Waals surface area contributed by atoms with Crippen molar-refractivity contribution >= 4 is 40.0 Å². The Morgan fingerprint density at radius 3 is 2.08 bits per heavy atom. The van der Waals surface area contributed by atoms with Gasteiger partial charge in [-0.3, -0.25) is 28.4 Å². The number of aliphatic hydroxyl groups is 1. The third kappa shape index (κ3) is 13.3. The number of hydrogen-bond donors (Lipinski definition) is 8. The predicted octanol–water partition coefficient (Wildman–Crippen LogP) is 0.670. The molecular weight excluding hydrogens is 695 g/mol. The molecule has 276 valence electrons. The van der Waals surface area contributed by atoms with Gasteiger partial charge in [0.25, 0.3) is 5.91 Å². The quantitative estimate of drug-likeness (QED) is 0.0870. The molecule has 17 nitrogen and oxygen atoms in total. The Labute approximate surface area is 291 Å². The maximum absolute atomic E-state index is 13.5. The van der Waals surface area contributed by atoms with E-state index >= 15 is 0 Å². The highest BCUT2D eigenvalue weighted by molar-refractivity contribution is 7.70. The van der Waals surface area contributed by atoms with Gasteiger partial charge in [0.15, 0.2) is 0 Å². The molecule has 2 heterocycles. The zero-order valence-electron chi connectivity index (χ0n) is 28.1. The van der Waals surface area contributed by atoms with Gasteiger partial charge >= 0.3 is 22.3 Å². The van der Waals surface area contributed by atoms with Crippen LogP contribution in [0.2, 0.25) is 0 Å². The van der Waals surface area contributed by atoms with Crippen molar-refractivity contribution in [2.75, 3.05) is 32.8 Å². The van der Waals surface area contributed by atoms with Crippen LogP contribution in [-0.2, 0) is 28.0 Å². The summed E-state index contributed by atoms with van der Waals surface area (Å²) >= 11 is 0. The predicted molar refractivity (Wildman–Crippen MR) is 183 cm³/mol. The average Bonchev–Trinajstić information content (AvgIpc) is 3.02. The molecule has 0 radical (unpaired) electrons. The van der Waals surface area contributed by atoms with Crippen LogP contribution in [0.5, 0.6) is 0 Å². The molecule has 1 aromatic heterocycles. The highest BCUT2D eigenvalue weighted by Crippen LogP contribution is 2.58. The Balaban J connectivity index is 1.56. The van der Waals surface area contributed by atoms with E-state index in [-0.39, 0.29) is 37.7 Å². The Morgan fingerprint density at radius 1 is 0.900 bits per heavy atom. The standard InChI is InChI=1S/C30H46BN5O12P2/c1-20(2)19-25(31-47-17-15-36(16-18-48-31)14-8-13-26(38)34-30(49(41,42)43)50(44,45)46)33-29(40)27(21(3)37)35-28(39)24-12-7-11-23(32-24)22-9-5-4-6-10-22/h4-7,9-12,20-21,25,27,30,37H,8,13-19H2,1-3H3,(H,33,40)(H,34,38)(H,35,39)(H2,41,42,43)(H2,44,45,46)/t21?,25?,27-/m1/s1. The third-order valence-electron chi connectivity index (χ3n) is 7.67. The van der Waals surface area contributed by atoms with E-state index in [1.54, 1.807) is 17.4 Å². The molecule has 3 atom stereocenters. The van der Waals surface area contributed by atoms with E-state index in [9.17, 15) is 48.2 Å². The minimum Gasteiger partial charge on any atom is -0.408 e. The first-order valence-electron chi connectivity index (χ1n) is 16.1. The first-order chi connectivity index (χ1) is 23.5. The van der Waals surface area contributed by atoms with Crippen LogP contribution >= 0.6 is 15.2 Å². The van der Waals surface area contributed by atoms with Crippen LogP contribution in [-0.4, -0.2) is 116 Å². The highest BCUT2D eigenvalue weighted by Gasteiger charge is 2.44. The summed E-state index contributed by atoms with van der Waals surface area (Å²) in [6, 6.07) is 12.9. The van der Waals surface area contributed by atoms with E-state index in [1.165, 1.54) is 13.0 Å². The number of carbonyl (C=O) groups is 3. The number of hydrogen-bond acceptors (Lipinski definition) is 10. The SMILES string of the molecule is CC(C)CC(NC(=O)[C@H](NC(=O)c1cccc(-c2ccccc2)n1)C(C)O)B1OCCN(CCCC(=O)NC(P(=O)(O)O)P(=O)(O)O)CCO1. The van der Waals surface area contributed by atoms with Gasteiger partial charge < -0.3 is 49.9 Å². The van der Waals surface area contributed by atoms with Gasteiger partial charge in [0.05, 0.1) is 17.7 Å². The molecule has 8 N–H and O–H groups in total. The van der Waals surface area contributed by atoms with E-state index in [0.29, 0.717) is 31.7 Å². The van der Waals surface area contributed by atoms with Crippen molar-refractivity contribution in [1.82, 2.24) is 25.8 Å². The second-order valence-electron chi connectivity index (χ2n) is 12.4. The zero-order valence-corrected chi connectivity index (χ0v) is 29.9. The van der Waals surface area contributed by atoms with Crippen molar-refractivity contribution in [3.8, 4) is 11.3 Å². The van der Waals surface area contributed by atoms with Crippen molar-refractivity contribution in [3.63, 3.8) is 0 Å². The second kappa shape index (κ2) is 19.0. The number of nitrogens with one attached hydrogen (secondary N) is 3. The van der Waals surface area contributed by atoms with Gasteiger partial charge in [-0.1, -0.05) is 50.2 Å². The number of aliphatic hydroxyl groups excluding tert-OH is 1. The topological polar surface area (TPSA) is 257 Å². The summed E-state index contributed by atoms with van der Waals surface area (Å²) in [7, 11) is -11.4. The summed E-state index contributed by atoms with van der Waals surface area (Å²) in [5.74, 6) is -2.71. The van der Waals surface area contributed by atoms with Crippen LogP contribution in [0.4, 0.5) is 0 Å². The Kier molecular flexibility index (Phi) is 15.7. The fourth-order valence-electron chi connectivity index (χ4n) is 5.22. The maximum atomic E-state index is 13.5. The van der Waals surface area contributed by atoms with Crippen molar-refractivity contribution in [1.29, 1.82) is 0 Å². The highest BCUT2D eigenvalue weighted by atomic mass is 31.2. The second-order valence-corrected chi connectivity index (χ2v) is 16.2. The monoisotopic (exact) mass is 741 g/mol. The molecule has 1 aliphatic rings. The summed E-state index contributed by atoms with van der Waals surface area (Å²) in [6.45, 7) is 6.86. The van der Waals surface area contributed by atoms with Gasteiger partial charge in [0, 0.05) is 38.3 Å². The molecule has 2 aromatic rings. The van der Waals surface area contributed by atoms with E-state index in [0.717, 1.165) is 5.56 Å². The van der Waals surface area contributed by atoms with Crippen LogP contribution < -0.4 is 16.0 Å². The summed E-state index contributed by atoms with van der Waals surface area (Å²) in [5, 5.41) is 17.7. The van der Waals surface area contributed by atoms with Crippen LogP contribution in [0.1, 0.15) is 50.5 Å². The summed E-state index contributed by atoms with van der Waals surface area (Å²) in [6.07, 6.45) is -0.810. The molecule has 20 heteroatoms. The van der Waals surface area contributed by atoms with Gasteiger partial charge in [-0.2, -0.15) is 0 Å². The molecular formula is C30H46BN5O12P2. The van der Waals surface area contributed by atoms with E-state index in [4.69, 9.17) is 9.31 Å². The fourth-order valence-corrected chi connectivity index (χ4v) is 7.42. The van der Waals surface area contributed by atoms with Crippen LogP contribution in [0, 0.1) is 5.92 Å². The number of pyridine rings is 1. The molecule has 0 saturated carbocycles. The summed E-state index contributed by atoms with van der Waals surface area (Å²) < 4.78 is 34.8. The minimum atomic E-state index is -5.29. The molecule has 1 aliphatic heterocycles. The molecule has 0 spiro atoms. The van der Waals surface area contributed by atoms with Gasteiger partial charge in [0.1, 0.15) is 11.7 Å². The molecule has 1 aromatic carbocycles. The Morgan fingerprint density at radius 2 is 1.52 bits per heavy atom. The van der Waals surface area contributed by atoms with Crippen LogP contribution in [0.3, 0.4) is 0 Å². The van der Waals surface area contributed by atoms with Crippen molar-refractivity contribution in [3.05, 3.63) is 54.2 Å². The van der Waals surface area contributed by atoms with Gasteiger partial charge in [-0.25, -0.2) is 4.98 Å². The van der Waals surface area contributed by atoms with E-state index in [2.05, 4.69) is 15.6 Å². The maximum Gasteiger partial charge on any atom is 0.480 e. The third-order valence-corrected chi connectivity index (χ3v) is 11.0. The lowest BCUT2D eigenvalue weighted by Crippen LogP contribution is -2.59. The Hall–Kier alpha value is -3.02. The number of benzene rings is 1. The molecule has 0 aliphatic carbocycles. The molecule has 1 fully saturated rings. The van der Waals surface area contributed by atoms with E-state index in [1.807, 2.05) is 49.1 Å². The number of nitrogens with zero attached hydrogens (tertiary/aromatic N) is 2. The molecule has 2 unspecified atom stereocenters. The lowest BCUT2D eigenvalue weighted by molar-refractivity contribution is -0.126. The van der Waals surface area contributed by atoms with Crippen molar-refractivity contribution in [2.24, 2.45) is 5.92 Å². The van der Waals surface area contributed by atoms with Crippen LogP contribution in [0.15, 0.2) is 48.5 Å². The number of carbonyl (C=O) groups excluding carboxylic acids is 3. The number of aromatic nitrogens is 1. The van der Waals surface area contributed by atoms with Crippen LogP contribution in [0.25, 0.3) is 11.3 Å². The first-order valence-corrected chi connectivity index (χ1v) is 19.5. The first kappa shape index (κ1) is 41.4.